The predicted molar refractivity (Wildman–Crippen MR) is 137 cm³/mol. The van der Waals surface area contributed by atoms with Gasteiger partial charge in [-0.2, -0.15) is 5.10 Å². The van der Waals surface area contributed by atoms with Gasteiger partial charge >= 0.3 is 6.09 Å². The van der Waals surface area contributed by atoms with Gasteiger partial charge in [0.25, 0.3) is 0 Å². The Kier molecular flexibility index (Phi) is 6.74. The Morgan fingerprint density at radius 1 is 1.22 bits per heavy atom. The SMILES string of the molecule is CN(C(=O)OC(C)(C)C)C1CC(Oc2cc(-c3ccc(O)cc3F)cc3c2cnn3C2CCCCO2)C1. The van der Waals surface area contributed by atoms with Crippen LogP contribution in [0.3, 0.4) is 0 Å². The van der Waals surface area contributed by atoms with Gasteiger partial charge in [0, 0.05) is 44.2 Å². The normalized spacial score (nSPS) is 21.9. The zero-order valence-corrected chi connectivity index (χ0v) is 21.7. The van der Waals surface area contributed by atoms with Crippen LogP contribution in [0.5, 0.6) is 11.5 Å². The maximum absolute atomic E-state index is 14.8. The fourth-order valence-corrected chi connectivity index (χ4v) is 4.86. The molecule has 1 aliphatic heterocycles. The monoisotopic (exact) mass is 511 g/mol. The summed E-state index contributed by atoms with van der Waals surface area (Å²) in [6, 6.07) is 7.85. The van der Waals surface area contributed by atoms with E-state index in [0.29, 0.717) is 36.3 Å². The highest BCUT2D eigenvalue weighted by Gasteiger charge is 2.37. The van der Waals surface area contributed by atoms with Gasteiger partial charge in [0.05, 0.1) is 17.1 Å². The van der Waals surface area contributed by atoms with Crippen LogP contribution < -0.4 is 4.74 Å². The van der Waals surface area contributed by atoms with Crippen molar-refractivity contribution in [1.82, 2.24) is 14.7 Å². The van der Waals surface area contributed by atoms with Crippen molar-refractivity contribution in [3.05, 3.63) is 42.3 Å². The first-order valence-electron chi connectivity index (χ1n) is 12.8. The molecule has 0 radical (unpaired) electrons. The first-order valence-corrected chi connectivity index (χ1v) is 12.8. The Balaban J connectivity index is 1.42. The van der Waals surface area contributed by atoms with Crippen LogP contribution in [-0.2, 0) is 9.47 Å². The van der Waals surface area contributed by atoms with Crippen molar-refractivity contribution in [1.29, 1.82) is 0 Å². The lowest BCUT2D eigenvalue weighted by molar-refractivity contribution is -0.0366. The molecule has 2 fully saturated rings. The number of carbonyl (C=O) groups is 1. The van der Waals surface area contributed by atoms with E-state index in [2.05, 4.69) is 5.10 Å². The summed E-state index contributed by atoms with van der Waals surface area (Å²) in [6.45, 7) is 6.22. The minimum atomic E-state index is -0.553. The molecule has 2 heterocycles. The molecule has 1 saturated carbocycles. The van der Waals surface area contributed by atoms with Gasteiger partial charge in [0.15, 0.2) is 6.23 Å². The van der Waals surface area contributed by atoms with E-state index in [1.807, 2.05) is 37.6 Å². The van der Waals surface area contributed by atoms with E-state index in [1.54, 1.807) is 24.2 Å². The molecule has 1 atom stereocenters. The quantitative estimate of drug-likeness (QED) is 0.451. The average molecular weight is 512 g/mol. The maximum atomic E-state index is 14.8. The molecule has 1 N–H and O–H groups in total. The largest absolute Gasteiger partial charge is 0.508 e. The molecule has 2 aliphatic rings. The van der Waals surface area contributed by atoms with Crippen LogP contribution in [0.1, 0.15) is 59.1 Å². The standard InChI is InChI=1S/C28H34FN3O5/c1-28(2,3)37-27(34)31(4)18-13-20(14-18)36-25-12-17(21-9-8-19(33)15-23(21)29)11-24-22(25)16-30-32(24)26-7-5-6-10-35-26/h8-9,11-12,15-16,18,20,26,33H,5-7,10,13-14H2,1-4H3. The molecule has 198 valence electrons. The van der Waals surface area contributed by atoms with Crippen molar-refractivity contribution in [2.75, 3.05) is 13.7 Å². The van der Waals surface area contributed by atoms with Gasteiger partial charge in [-0.25, -0.2) is 13.9 Å². The number of halogens is 1. The smallest absolute Gasteiger partial charge is 0.410 e. The highest BCUT2D eigenvalue weighted by molar-refractivity contribution is 5.90. The second kappa shape index (κ2) is 9.85. The number of ether oxygens (including phenoxy) is 3. The van der Waals surface area contributed by atoms with E-state index in [-0.39, 0.29) is 30.2 Å². The number of benzene rings is 2. The number of aromatic hydroxyl groups is 1. The molecule has 1 amide bonds. The second-order valence-corrected chi connectivity index (χ2v) is 10.9. The van der Waals surface area contributed by atoms with Gasteiger partial charge in [-0.15, -0.1) is 0 Å². The Morgan fingerprint density at radius 2 is 2.00 bits per heavy atom. The molecule has 1 aliphatic carbocycles. The number of phenolic OH excluding ortho intramolecular Hbond substituents is 1. The topological polar surface area (TPSA) is 86.0 Å². The number of fused-ring (bicyclic) bond motifs is 1. The predicted octanol–water partition coefficient (Wildman–Crippen LogP) is 6.02. The molecule has 1 aromatic heterocycles. The minimum absolute atomic E-state index is 0.0198. The number of carbonyl (C=O) groups excluding carboxylic acids is 1. The van der Waals surface area contributed by atoms with E-state index in [1.165, 1.54) is 6.07 Å². The van der Waals surface area contributed by atoms with Crippen LogP contribution in [0.2, 0.25) is 0 Å². The first-order chi connectivity index (χ1) is 17.6. The van der Waals surface area contributed by atoms with Gasteiger partial charge < -0.3 is 24.2 Å². The Bertz CT molecular complexity index is 1290. The van der Waals surface area contributed by atoms with Crippen molar-refractivity contribution in [2.45, 2.75) is 76.9 Å². The molecule has 9 heteroatoms. The summed E-state index contributed by atoms with van der Waals surface area (Å²) in [5.41, 5.74) is 1.23. The van der Waals surface area contributed by atoms with Crippen molar-refractivity contribution >= 4 is 17.0 Å². The molecule has 0 spiro atoms. The molecule has 0 bridgehead atoms. The van der Waals surface area contributed by atoms with E-state index in [0.717, 1.165) is 36.2 Å². The van der Waals surface area contributed by atoms with Gasteiger partial charge in [-0.3, -0.25) is 0 Å². The van der Waals surface area contributed by atoms with Crippen LogP contribution in [0.15, 0.2) is 36.5 Å². The number of aromatic nitrogens is 2. The zero-order chi connectivity index (χ0) is 26.3. The fraction of sp³-hybridized carbons (Fsp3) is 0.500. The minimum Gasteiger partial charge on any atom is -0.508 e. The molecular weight excluding hydrogens is 477 g/mol. The van der Waals surface area contributed by atoms with Crippen LogP contribution in [0, 0.1) is 5.82 Å². The lowest BCUT2D eigenvalue weighted by atomic mass is 9.88. The number of hydrogen-bond donors (Lipinski definition) is 1. The summed E-state index contributed by atoms with van der Waals surface area (Å²) in [5.74, 6) is -0.0487. The third-order valence-electron chi connectivity index (χ3n) is 6.96. The van der Waals surface area contributed by atoms with Crippen molar-refractivity contribution in [2.24, 2.45) is 0 Å². The van der Waals surface area contributed by atoms with E-state index in [4.69, 9.17) is 14.2 Å². The average Bonchev–Trinajstić information content (AvgIpc) is 3.24. The molecule has 5 rings (SSSR count). The Hall–Kier alpha value is -3.33. The molecule has 37 heavy (non-hydrogen) atoms. The fourth-order valence-electron chi connectivity index (χ4n) is 4.86. The van der Waals surface area contributed by atoms with E-state index >= 15 is 0 Å². The molecule has 2 aromatic carbocycles. The first kappa shape index (κ1) is 25.3. The lowest BCUT2D eigenvalue weighted by Crippen LogP contribution is -2.51. The second-order valence-electron chi connectivity index (χ2n) is 10.9. The van der Waals surface area contributed by atoms with Crippen molar-refractivity contribution in [3.63, 3.8) is 0 Å². The van der Waals surface area contributed by atoms with E-state index in [9.17, 15) is 14.3 Å². The molecule has 8 nitrogen and oxygen atoms in total. The van der Waals surface area contributed by atoms with Crippen LogP contribution in [-0.4, -0.2) is 57.3 Å². The number of rotatable bonds is 5. The number of amides is 1. The highest BCUT2D eigenvalue weighted by Crippen LogP contribution is 2.39. The third-order valence-corrected chi connectivity index (χ3v) is 6.96. The molecular formula is C28H34FN3O5. The number of nitrogens with zero attached hydrogens (tertiary/aromatic N) is 3. The van der Waals surface area contributed by atoms with Crippen LogP contribution >= 0.6 is 0 Å². The van der Waals surface area contributed by atoms with Gasteiger partial charge in [0.2, 0.25) is 0 Å². The van der Waals surface area contributed by atoms with Crippen LogP contribution in [0.4, 0.5) is 9.18 Å². The zero-order valence-electron chi connectivity index (χ0n) is 21.7. The van der Waals surface area contributed by atoms with Crippen LogP contribution in [0.25, 0.3) is 22.0 Å². The molecule has 1 unspecified atom stereocenters. The van der Waals surface area contributed by atoms with E-state index < -0.39 is 11.4 Å². The summed E-state index contributed by atoms with van der Waals surface area (Å²) in [5, 5.41) is 15.1. The number of hydrogen-bond acceptors (Lipinski definition) is 6. The van der Waals surface area contributed by atoms with Crippen molar-refractivity contribution < 1.29 is 28.5 Å². The molecule has 1 saturated heterocycles. The van der Waals surface area contributed by atoms with Crippen molar-refractivity contribution in [3.8, 4) is 22.6 Å². The Labute approximate surface area is 215 Å². The Morgan fingerprint density at radius 3 is 2.68 bits per heavy atom. The number of phenols is 1. The highest BCUT2D eigenvalue weighted by atomic mass is 19.1. The summed E-state index contributed by atoms with van der Waals surface area (Å²) < 4.78 is 34.5. The van der Waals surface area contributed by atoms with Gasteiger partial charge in [0.1, 0.15) is 29.0 Å². The third kappa shape index (κ3) is 5.37. The summed E-state index contributed by atoms with van der Waals surface area (Å²) in [7, 11) is 1.75. The lowest BCUT2D eigenvalue weighted by Gasteiger charge is -2.41. The molecule has 3 aromatic rings. The maximum Gasteiger partial charge on any atom is 0.410 e. The summed E-state index contributed by atoms with van der Waals surface area (Å²) in [4.78, 5) is 14.1. The summed E-state index contributed by atoms with van der Waals surface area (Å²) >= 11 is 0. The summed E-state index contributed by atoms with van der Waals surface area (Å²) in [6.07, 6.45) is 5.38. The van der Waals surface area contributed by atoms with Gasteiger partial charge in [-0.05, 0) is 69.9 Å². The van der Waals surface area contributed by atoms with Gasteiger partial charge in [-0.1, -0.05) is 0 Å².